The first-order valence-electron chi connectivity index (χ1n) is 4.47. The van der Waals surface area contributed by atoms with Gasteiger partial charge in [0.05, 0.1) is 6.26 Å². The van der Waals surface area contributed by atoms with E-state index >= 15 is 0 Å². The lowest BCUT2D eigenvalue weighted by Crippen LogP contribution is -2.19. The van der Waals surface area contributed by atoms with Crippen molar-refractivity contribution >= 4 is 0 Å². The molecular formula is C10H13F3O2. The van der Waals surface area contributed by atoms with Crippen molar-refractivity contribution in [2.75, 3.05) is 6.61 Å². The van der Waals surface area contributed by atoms with Crippen LogP contribution in [0.2, 0.25) is 0 Å². The molecule has 1 aromatic heterocycles. The summed E-state index contributed by atoms with van der Waals surface area (Å²) in [4.78, 5) is 0. The van der Waals surface area contributed by atoms with Crippen molar-refractivity contribution in [1.29, 1.82) is 0 Å². The Morgan fingerprint density at radius 1 is 1.27 bits per heavy atom. The predicted molar refractivity (Wildman–Crippen MR) is 49.0 cm³/mol. The highest BCUT2D eigenvalue weighted by Crippen LogP contribution is 2.28. The van der Waals surface area contributed by atoms with Gasteiger partial charge in [-0.15, -0.1) is 0 Å². The first-order valence-corrected chi connectivity index (χ1v) is 4.47. The maximum absolute atomic E-state index is 11.8. The third kappa shape index (κ3) is 3.85. The number of furan rings is 1. The number of ether oxygens (including phenoxy) is 1. The Labute approximate surface area is 86.0 Å². The van der Waals surface area contributed by atoms with E-state index in [1.165, 1.54) is 12.3 Å². The first-order chi connectivity index (χ1) is 6.68. The first kappa shape index (κ1) is 11.9. The molecule has 0 aliphatic rings. The van der Waals surface area contributed by atoms with Crippen LogP contribution in [0.5, 0.6) is 5.95 Å². The second-order valence-corrected chi connectivity index (χ2v) is 4.31. The maximum atomic E-state index is 11.8. The molecule has 0 unspecified atom stereocenters. The Kier molecular flexibility index (Phi) is 3.02. The van der Waals surface area contributed by atoms with Crippen LogP contribution in [-0.4, -0.2) is 12.8 Å². The number of hydrogen-bond donors (Lipinski definition) is 0. The van der Waals surface area contributed by atoms with Gasteiger partial charge in [0.25, 0.3) is 5.95 Å². The fourth-order valence-corrected chi connectivity index (χ4v) is 0.939. The summed E-state index contributed by atoms with van der Waals surface area (Å²) in [5.74, 6) is -0.0998. The molecule has 0 aliphatic heterocycles. The standard InChI is InChI=1S/C10H13F3O2/c1-9(2,3)7-4-8(14-5-7)15-6-10(11,12)13/h4-5H,6H2,1-3H3. The lowest BCUT2D eigenvalue weighted by atomic mass is 9.89. The van der Waals surface area contributed by atoms with Crippen LogP contribution in [0.4, 0.5) is 13.2 Å². The highest BCUT2D eigenvalue weighted by atomic mass is 19.4. The topological polar surface area (TPSA) is 22.4 Å². The minimum atomic E-state index is -4.34. The van der Waals surface area contributed by atoms with Crippen LogP contribution in [0, 0.1) is 0 Å². The molecule has 0 saturated carbocycles. The second kappa shape index (κ2) is 3.79. The summed E-state index contributed by atoms with van der Waals surface area (Å²) in [6.07, 6.45) is -2.93. The van der Waals surface area contributed by atoms with E-state index in [9.17, 15) is 13.2 Å². The van der Waals surface area contributed by atoms with Gasteiger partial charge in [0.2, 0.25) is 0 Å². The lowest BCUT2D eigenvalue weighted by molar-refractivity contribution is -0.156. The van der Waals surface area contributed by atoms with E-state index in [1.54, 1.807) is 0 Å². The molecule has 0 aliphatic carbocycles. The van der Waals surface area contributed by atoms with Crippen LogP contribution in [0.15, 0.2) is 16.7 Å². The van der Waals surface area contributed by atoms with Crippen molar-refractivity contribution in [2.45, 2.75) is 32.4 Å². The summed E-state index contributed by atoms with van der Waals surface area (Å²) in [5.41, 5.74) is 0.642. The largest absolute Gasteiger partial charge is 0.455 e. The normalized spacial score (nSPS) is 12.9. The van der Waals surface area contributed by atoms with Crippen molar-refractivity contribution in [1.82, 2.24) is 0 Å². The monoisotopic (exact) mass is 222 g/mol. The molecule has 1 aromatic rings. The predicted octanol–water partition coefficient (Wildman–Crippen LogP) is 3.52. The second-order valence-electron chi connectivity index (χ2n) is 4.31. The minimum Gasteiger partial charge on any atom is -0.455 e. The van der Waals surface area contributed by atoms with Gasteiger partial charge in [-0.3, -0.25) is 0 Å². The molecule has 5 heteroatoms. The summed E-state index contributed by atoms with van der Waals surface area (Å²) in [6.45, 7) is 4.48. The van der Waals surface area contributed by atoms with Crippen LogP contribution in [-0.2, 0) is 5.41 Å². The summed E-state index contributed by atoms with van der Waals surface area (Å²) in [5, 5.41) is 0. The van der Waals surface area contributed by atoms with Crippen LogP contribution >= 0.6 is 0 Å². The van der Waals surface area contributed by atoms with Gasteiger partial charge in [-0.05, 0) is 11.0 Å². The van der Waals surface area contributed by atoms with Crippen LogP contribution < -0.4 is 4.74 Å². The molecule has 0 bridgehead atoms. The number of hydrogen-bond acceptors (Lipinski definition) is 2. The number of alkyl halides is 3. The van der Waals surface area contributed by atoms with Gasteiger partial charge < -0.3 is 9.15 Å². The van der Waals surface area contributed by atoms with Gasteiger partial charge >= 0.3 is 6.18 Å². The Balaban J connectivity index is 2.62. The zero-order valence-electron chi connectivity index (χ0n) is 8.81. The molecule has 1 heterocycles. The Bertz CT molecular complexity index is 320. The van der Waals surface area contributed by atoms with Gasteiger partial charge in [0.1, 0.15) is 0 Å². The zero-order valence-corrected chi connectivity index (χ0v) is 8.81. The van der Waals surface area contributed by atoms with E-state index < -0.39 is 12.8 Å². The van der Waals surface area contributed by atoms with E-state index in [2.05, 4.69) is 4.74 Å². The highest BCUT2D eigenvalue weighted by Gasteiger charge is 2.29. The summed E-state index contributed by atoms with van der Waals surface area (Å²) >= 11 is 0. The van der Waals surface area contributed by atoms with Gasteiger partial charge in [-0.2, -0.15) is 13.2 Å². The molecule has 2 nitrogen and oxygen atoms in total. The van der Waals surface area contributed by atoms with Gasteiger partial charge in [0.15, 0.2) is 6.61 Å². The van der Waals surface area contributed by atoms with Crippen LogP contribution in [0.3, 0.4) is 0 Å². The minimum absolute atomic E-state index is 0.0998. The Morgan fingerprint density at radius 3 is 2.27 bits per heavy atom. The molecule has 0 saturated heterocycles. The number of halogens is 3. The molecular weight excluding hydrogens is 209 g/mol. The lowest BCUT2D eigenvalue weighted by Gasteiger charge is -2.14. The van der Waals surface area contributed by atoms with E-state index in [0.717, 1.165) is 5.56 Å². The fourth-order valence-electron chi connectivity index (χ4n) is 0.939. The van der Waals surface area contributed by atoms with Crippen molar-refractivity contribution in [3.8, 4) is 5.95 Å². The maximum Gasteiger partial charge on any atom is 0.422 e. The molecule has 0 spiro atoms. The van der Waals surface area contributed by atoms with Gasteiger partial charge in [0, 0.05) is 6.07 Å². The molecule has 15 heavy (non-hydrogen) atoms. The molecule has 86 valence electrons. The van der Waals surface area contributed by atoms with Gasteiger partial charge in [-0.25, -0.2) is 0 Å². The van der Waals surface area contributed by atoms with E-state index in [0.29, 0.717) is 0 Å². The number of rotatable bonds is 2. The average molecular weight is 222 g/mol. The summed E-state index contributed by atoms with van der Waals surface area (Å²) in [6, 6.07) is 1.48. The fraction of sp³-hybridized carbons (Fsp3) is 0.600. The Hall–Kier alpha value is -1.13. The summed E-state index contributed by atoms with van der Waals surface area (Å²) in [7, 11) is 0. The molecule has 0 radical (unpaired) electrons. The zero-order chi connectivity index (χ0) is 11.7. The Morgan fingerprint density at radius 2 is 1.87 bits per heavy atom. The molecule has 0 atom stereocenters. The van der Waals surface area contributed by atoms with E-state index in [-0.39, 0.29) is 11.4 Å². The van der Waals surface area contributed by atoms with Crippen molar-refractivity contribution in [3.63, 3.8) is 0 Å². The molecule has 0 fully saturated rings. The summed E-state index contributed by atoms with van der Waals surface area (Å²) < 4.78 is 44.8. The smallest absolute Gasteiger partial charge is 0.422 e. The quantitative estimate of drug-likeness (QED) is 0.763. The van der Waals surface area contributed by atoms with Crippen molar-refractivity contribution in [3.05, 3.63) is 17.9 Å². The van der Waals surface area contributed by atoms with Crippen LogP contribution in [0.25, 0.3) is 0 Å². The van der Waals surface area contributed by atoms with E-state index in [1.807, 2.05) is 20.8 Å². The average Bonchev–Trinajstić information content (AvgIpc) is 2.45. The van der Waals surface area contributed by atoms with Gasteiger partial charge in [-0.1, -0.05) is 20.8 Å². The highest BCUT2D eigenvalue weighted by molar-refractivity contribution is 5.23. The molecule has 0 aromatic carbocycles. The molecule has 0 N–H and O–H groups in total. The third-order valence-corrected chi connectivity index (χ3v) is 1.82. The van der Waals surface area contributed by atoms with Crippen molar-refractivity contribution < 1.29 is 22.3 Å². The SMILES string of the molecule is CC(C)(C)c1coc(OCC(F)(F)F)c1. The molecule has 0 amide bonds. The third-order valence-electron chi connectivity index (χ3n) is 1.82. The van der Waals surface area contributed by atoms with E-state index in [4.69, 9.17) is 4.42 Å². The van der Waals surface area contributed by atoms with Crippen molar-refractivity contribution in [2.24, 2.45) is 0 Å². The van der Waals surface area contributed by atoms with Crippen LogP contribution in [0.1, 0.15) is 26.3 Å². The molecule has 1 rings (SSSR count).